The van der Waals surface area contributed by atoms with Crippen molar-refractivity contribution in [1.29, 1.82) is 0 Å². The molecule has 1 N–H and O–H groups in total. The van der Waals surface area contributed by atoms with Crippen molar-refractivity contribution in [3.05, 3.63) is 59.7 Å². The first-order valence-electron chi connectivity index (χ1n) is 6.89. The number of ether oxygens (including phenoxy) is 1. The minimum Gasteiger partial charge on any atom is -0.494 e. The minimum atomic E-state index is -0.971. The van der Waals surface area contributed by atoms with Gasteiger partial charge in [0.15, 0.2) is 0 Å². The summed E-state index contributed by atoms with van der Waals surface area (Å²) in [5.41, 5.74) is 3.16. The smallest absolute Gasteiger partial charge is 0.336 e. The predicted molar refractivity (Wildman–Crippen MR) is 85.4 cm³/mol. The Morgan fingerprint density at radius 1 is 1.14 bits per heavy atom. The van der Waals surface area contributed by atoms with Crippen LogP contribution in [0.5, 0.6) is 5.75 Å². The second kappa shape index (κ2) is 5.48. The van der Waals surface area contributed by atoms with Gasteiger partial charge in [-0.05, 0) is 24.6 Å². The summed E-state index contributed by atoms with van der Waals surface area (Å²) >= 11 is 0. The molecular formula is C18H15NO3. The summed E-state index contributed by atoms with van der Waals surface area (Å²) < 4.78 is 5.35. The number of carbonyl (C=O) groups is 1. The number of hydrogen-bond acceptors (Lipinski definition) is 3. The van der Waals surface area contributed by atoms with E-state index in [9.17, 15) is 9.90 Å². The van der Waals surface area contributed by atoms with Crippen LogP contribution < -0.4 is 4.74 Å². The summed E-state index contributed by atoms with van der Waals surface area (Å²) in [6, 6.07) is 14.8. The van der Waals surface area contributed by atoms with Crippen LogP contribution in [-0.4, -0.2) is 23.2 Å². The van der Waals surface area contributed by atoms with E-state index in [1.165, 1.54) is 0 Å². The lowest BCUT2D eigenvalue weighted by Gasteiger charge is -2.12. The third-order valence-corrected chi connectivity index (χ3v) is 3.65. The summed E-state index contributed by atoms with van der Waals surface area (Å²) in [6.07, 6.45) is 0. The maximum absolute atomic E-state index is 11.7. The molecule has 0 bridgehead atoms. The van der Waals surface area contributed by atoms with Crippen LogP contribution in [0.4, 0.5) is 0 Å². The van der Waals surface area contributed by atoms with Gasteiger partial charge in [-0.3, -0.25) is 0 Å². The van der Waals surface area contributed by atoms with Crippen LogP contribution in [0, 0.1) is 6.92 Å². The van der Waals surface area contributed by atoms with Crippen LogP contribution in [0.25, 0.3) is 22.2 Å². The van der Waals surface area contributed by atoms with Crippen LogP contribution in [0.3, 0.4) is 0 Å². The molecule has 1 heterocycles. The molecule has 0 saturated heterocycles. The number of benzene rings is 2. The average Bonchev–Trinajstić information content (AvgIpc) is 2.55. The first-order valence-corrected chi connectivity index (χ1v) is 6.89. The van der Waals surface area contributed by atoms with E-state index in [1.54, 1.807) is 13.2 Å². The zero-order valence-electron chi connectivity index (χ0n) is 12.3. The number of methoxy groups -OCH3 is 1. The molecule has 0 spiro atoms. The number of carboxylic acids is 1. The molecule has 0 saturated carbocycles. The van der Waals surface area contributed by atoms with Gasteiger partial charge in [0, 0.05) is 10.9 Å². The van der Waals surface area contributed by atoms with E-state index in [0.29, 0.717) is 22.3 Å². The van der Waals surface area contributed by atoms with Crippen LogP contribution in [0.1, 0.15) is 15.9 Å². The molecule has 22 heavy (non-hydrogen) atoms. The normalized spacial score (nSPS) is 10.6. The van der Waals surface area contributed by atoms with Gasteiger partial charge in [0.2, 0.25) is 0 Å². The number of carboxylic acid groups (broad SMARTS) is 1. The Balaban J connectivity index is 2.41. The monoisotopic (exact) mass is 293 g/mol. The topological polar surface area (TPSA) is 59.4 Å². The van der Waals surface area contributed by atoms with Crippen molar-refractivity contribution >= 4 is 16.9 Å². The molecular weight excluding hydrogens is 278 g/mol. The van der Waals surface area contributed by atoms with E-state index in [2.05, 4.69) is 4.98 Å². The summed E-state index contributed by atoms with van der Waals surface area (Å²) in [7, 11) is 1.56. The highest BCUT2D eigenvalue weighted by atomic mass is 16.5. The Bertz CT molecular complexity index is 857. The first-order chi connectivity index (χ1) is 10.6. The SMILES string of the molecule is COc1ccc(C)c2c(C(=O)O)cc(-c3ccccc3)nc12. The molecule has 0 unspecified atom stereocenters. The number of aromatic carboxylic acids is 1. The number of aryl methyl sites for hydroxylation is 1. The van der Waals surface area contributed by atoms with Crippen molar-refractivity contribution < 1.29 is 14.6 Å². The standard InChI is InChI=1S/C18H15NO3/c1-11-8-9-15(22-2)17-16(11)13(18(20)21)10-14(19-17)12-6-4-3-5-7-12/h3-10H,1-2H3,(H,20,21). The number of rotatable bonds is 3. The second-order valence-corrected chi connectivity index (χ2v) is 5.03. The fourth-order valence-electron chi connectivity index (χ4n) is 2.58. The van der Waals surface area contributed by atoms with Crippen LogP contribution in [0.15, 0.2) is 48.5 Å². The molecule has 0 amide bonds. The molecule has 0 aliphatic carbocycles. The molecule has 4 heteroatoms. The second-order valence-electron chi connectivity index (χ2n) is 5.03. The van der Waals surface area contributed by atoms with Crippen LogP contribution in [-0.2, 0) is 0 Å². The maximum Gasteiger partial charge on any atom is 0.336 e. The molecule has 4 nitrogen and oxygen atoms in total. The lowest BCUT2D eigenvalue weighted by atomic mass is 10.0. The van der Waals surface area contributed by atoms with Crippen molar-refractivity contribution in [1.82, 2.24) is 4.98 Å². The van der Waals surface area contributed by atoms with Gasteiger partial charge < -0.3 is 9.84 Å². The molecule has 3 aromatic rings. The largest absolute Gasteiger partial charge is 0.494 e. The average molecular weight is 293 g/mol. The van der Waals surface area contributed by atoms with Gasteiger partial charge in [-0.15, -0.1) is 0 Å². The molecule has 3 rings (SSSR count). The van der Waals surface area contributed by atoms with E-state index in [1.807, 2.05) is 49.4 Å². The van der Waals surface area contributed by atoms with Crippen LogP contribution in [0.2, 0.25) is 0 Å². The van der Waals surface area contributed by atoms with Crippen molar-refractivity contribution in [3.63, 3.8) is 0 Å². The molecule has 2 aromatic carbocycles. The highest BCUT2D eigenvalue weighted by Gasteiger charge is 2.17. The summed E-state index contributed by atoms with van der Waals surface area (Å²) in [4.78, 5) is 16.3. The number of fused-ring (bicyclic) bond motifs is 1. The van der Waals surface area contributed by atoms with Gasteiger partial charge in [0.1, 0.15) is 11.3 Å². The zero-order valence-corrected chi connectivity index (χ0v) is 12.3. The Morgan fingerprint density at radius 3 is 2.50 bits per heavy atom. The minimum absolute atomic E-state index is 0.236. The van der Waals surface area contributed by atoms with Gasteiger partial charge in [-0.1, -0.05) is 36.4 Å². The van der Waals surface area contributed by atoms with Crippen molar-refractivity contribution in [2.75, 3.05) is 7.11 Å². The fraction of sp³-hybridized carbons (Fsp3) is 0.111. The van der Waals surface area contributed by atoms with E-state index in [4.69, 9.17) is 4.74 Å². The number of pyridine rings is 1. The van der Waals surface area contributed by atoms with Crippen molar-refractivity contribution in [2.24, 2.45) is 0 Å². The Hall–Kier alpha value is -2.88. The van der Waals surface area contributed by atoms with Gasteiger partial charge in [0.25, 0.3) is 0 Å². The van der Waals surface area contributed by atoms with E-state index >= 15 is 0 Å². The van der Waals surface area contributed by atoms with Crippen LogP contribution >= 0.6 is 0 Å². The van der Waals surface area contributed by atoms with E-state index < -0.39 is 5.97 Å². The van der Waals surface area contributed by atoms with Gasteiger partial charge in [0.05, 0.1) is 18.4 Å². The molecule has 0 aliphatic heterocycles. The highest BCUT2D eigenvalue weighted by Crippen LogP contribution is 2.32. The molecule has 0 atom stereocenters. The third-order valence-electron chi connectivity index (χ3n) is 3.65. The maximum atomic E-state index is 11.7. The van der Waals surface area contributed by atoms with Crippen molar-refractivity contribution in [3.8, 4) is 17.0 Å². The highest BCUT2D eigenvalue weighted by molar-refractivity contribution is 6.06. The lowest BCUT2D eigenvalue weighted by molar-refractivity contribution is 0.0699. The Labute approximate surface area is 128 Å². The number of nitrogens with zero attached hydrogens (tertiary/aromatic N) is 1. The number of aromatic nitrogens is 1. The fourth-order valence-corrected chi connectivity index (χ4v) is 2.58. The van der Waals surface area contributed by atoms with Gasteiger partial charge in [-0.25, -0.2) is 9.78 Å². The molecule has 0 radical (unpaired) electrons. The zero-order chi connectivity index (χ0) is 15.7. The lowest BCUT2D eigenvalue weighted by Crippen LogP contribution is -2.02. The molecule has 1 aromatic heterocycles. The molecule has 0 aliphatic rings. The van der Waals surface area contributed by atoms with E-state index in [0.717, 1.165) is 11.1 Å². The molecule has 0 fully saturated rings. The van der Waals surface area contributed by atoms with Crippen molar-refractivity contribution in [2.45, 2.75) is 6.92 Å². The first kappa shape index (κ1) is 14.1. The summed E-state index contributed by atoms with van der Waals surface area (Å²) in [5, 5.41) is 10.2. The summed E-state index contributed by atoms with van der Waals surface area (Å²) in [6.45, 7) is 1.87. The quantitative estimate of drug-likeness (QED) is 0.795. The molecule has 110 valence electrons. The van der Waals surface area contributed by atoms with Gasteiger partial charge >= 0.3 is 5.97 Å². The van der Waals surface area contributed by atoms with E-state index in [-0.39, 0.29) is 5.56 Å². The van der Waals surface area contributed by atoms with Gasteiger partial charge in [-0.2, -0.15) is 0 Å². The Morgan fingerprint density at radius 2 is 1.86 bits per heavy atom. The Kier molecular flexibility index (Phi) is 3.51. The summed E-state index contributed by atoms with van der Waals surface area (Å²) in [5.74, 6) is -0.401. The third kappa shape index (κ3) is 2.29. The predicted octanol–water partition coefficient (Wildman–Crippen LogP) is 3.92. The number of hydrogen-bond donors (Lipinski definition) is 1.